The third-order valence-electron chi connectivity index (χ3n) is 3.33. The molecular formula is C15H20N4O3S. The molecule has 2 aromatic rings. The molecule has 0 aliphatic carbocycles. The van der Waals surface area contributed by atoms with Gasteiger partial charge in [-0.25, -0.2) is 4.98 Å². The van der Waals surface area contributed by atoms with Gasteiger partial charge in [0.25, 0.3) is 0 Å². The maximum atomic E-state index is 11.3. The van der Waals surface area contributed by atoms with Crippen molar-refractivity contribution >= 4 is 22.8 Å². The molecule has 8 heteroatoms. The molecule has 23 heavy (non-hydrogen) atoms. The highest BCUT2D eigenvalue weighted by molar-refractivity contribution is 7.11. The van der Waals surface area contributed by atoms with Crippen molar-refractivity contribution in [2.75, 3.05) is 18.6 Å². The van der Waals surface area contributed by atoms with Crippen LogP contribution in [-0.4, -0.2) is 28.5 Å². The van der Waals surface area contributed by atoms with Crippen LogP contribution in [-0.2, 0) is 6.54 Å². The summed E-state index contributed by atoms with van der Waals surface area (Å²) >= 11 is 1.62. The Balaban J connectivity index is 2.33. The number of ether oxygens (including phenoxy) is 1. The number of anilines is 1. The number of nitro groups is 1. The highest BCUT2D eigenvalue weighted by Crippen LogP contribution is 2.30. The fourth-order valence-electron chi connectivity index (χ4n) is 2.10. The molecule has 0 aliphatic rings. The summed E-state index contributed by atoms with van der Waals surface area (Å²) in [4.78, 5) is 22.4. The molecule has 0 amide bonds. The summed E-state index contributed by atoms with van der Waals surface area (Å²) in [6, 6.07) is 2.93. The first-order chi connectivity index (χ1) is 11.0. The lowest BCUT2D eigenvalue weighted by molar-refractivity contribution is -0.384. The van der Waals surface area contributed by atoms with Crippen molar-refractivity contribution in [1.82, 2.24) is 9.97 Å². The van der Waals surface area contributed by atoms with E-state index in [0.29, 0.717) is 30.7 Å². The van der Waals surface area contributed by atoms with Crippen LogP contribution in [0.4, 0.5) is 11.5 Å². The summed E-state index contributed by atoms with van der Waals surface area (Å²) in [5.74, 6) is 1.04. The summed E-state index contributed by atoms with van der Waals surface area (Å²) < 4.78 is 5.10. The first kappa shape index (κ1) is 17.1. The number of hydrogen-bond donors (Lipinski definition) is 0. The maximum Gasteiger partial charge on any atom is 0.311 e. The standard InChI is InChI=1S/C15H20N4O3S/c1-5-18(9-11-8-16-15(23-11)10(2)3)14-12(19(20)21)6-7-13(17-14)22-4/h6-8,10H,5,9H2,1-4H3. The number of nitrogens with zero attached hydrogens (tertiary/aromatic N) is 4. The number of hydrogen-bond acceptors (Lipinski definition) is 7. The van der Waals surface area contributed by atoms with Crippen LogP contribution >= 0.6 is 11.3 Å². The number of rotatable bonds is 7. The Morgan fingerprint density at radius 2 is 2.17 bits per heavy atom. The van der Waals surface area contributed by atoms with Gasteiger partial charge in [-0.3, -0.25) is 10.1 Å². The minimum absolute atomic E-state index is 0.0266. The predicted octanol–water partition coefficient (Wildman–Crippen LogP) is 3.60. The van der Waals surface area contributed by atoms with E-state index in [9.17, 15) is 10.1 Å². The molecule has 0 N–H and O–H groups in total. The van der Waals surface area contributed by atoms with Crippen molar-refractivity contribution in [3.8, 4) is 5.88 Å². The van der Waals surface area contributed by atoms with Gasteiger partial charge in [0.1, 0.15) is 0 Å². The van der Waals surface area contributed by atoms with Crippen LogP contribution in [0.5, 0.6) is 5.88 Å². The van der Waals surface area contributed by atoms with Gasteiger partial charge in [0.05, 0.1) is 23.6 Å². The molecule has 0 radical (unpaired) electrons. The van der Waals surface area contributed by atoms with Crippen LogP contribution in [0.1, 0.15) is 36.6 Å². The predicted molar refractivity (Wildman–Crippen MR) is 90.4 cm³/mol. The lowest BCUT2D eigenvalue weighted by Gasteiger charge is -2.21. The Labute approximate surface area is 139 Å². The largest absolute Gasteiger partial charge is 0.481 e. The SMILES string of the molecule is CCN(Cc1cnc(C(C)C)s1)c1nc(OC)ccc1[N+](=O)[O-]. The second-order valence-corrected chi connectivity index (χ2v) is 6.43. The number of aromatic nitrogens is 2. The quantitative estimate of drug-likeness (QED) is 0.567. The third-order valence-corrected chi connectivity index (χ3v) is 4.61. The molecule has 0 atom stereocenters. The zero-order valence-corrected chi connectivity index (χ0v) is 14.5. The molecule has 2 rings (SSSR count). The average Bonchev–Trinajstić information content (AvgIpc) is 3.00. The van der Waals surface area contributed by atoms with Crippen LogP contribution in [0.3, 0.4) is 0 Å². The molecule has 124 valence electrons. The molecule has 0 aliphatic heterocycles. The van der Waals surface area contributed by atoms with Gasteiger partial charge in [0.15, 0.2) is 0 Å². The molecule has 0 fully saturated rings. The van der Waals surface area contributed by atoms with Crippen molar-refractivity contribution in [1.29, 1.82) is 0 Å². The van der Waals surface area contributed by atoms with Gasteiger partial charge in [0, 0.05) is 35.7 Å². The van der Waals surface area contributed by atoms with E-state index in [2.05, 4.69) is 23.8 Å². The van der Waals surface area contributed by atoms with Crippen molar-refractivity contribution in [2.45, 2.75) is 33.2 Å². The van der Waals surface area contributed by atoms with Crippen LogP contribution in [0.2, 0.25) is 0 Å². The third kappa shape index (κ3) is 3.95. The molecular weight excluding hydrogens is 316 g/mol. The van der Waals surface area contributed by atoms with E-state index in [-0.39, 0.29) is 5.69 Å². The van der Waals surface area contributed by atoms with Crippen molar-refractivity contribution in [3.05, 3.63) is 38.3 Å². The van der Waals surface area contributed by atoms with Crippen LogP contribution in [0.25, 0.3) is 0 Å². The Hall–Kier alpha value is -2.22. The summed E-state index contributed by atoms with van der Waals surface area (Å²) in [7, 11) is 1.49. The monoisotopic (exact) mass is 336 g/mol. The van der Waals surface area contributed by atoms with Gasteiger partial charge in [-0.1, -0.05) is 13.8 Å². The fourth-order valence-corrected chi connectivity index (χ4v) is 3.04. The van der Waals surface area contributed by atoms with Gasteiger partial charge in [-0.2, -0.15) is 4.98 Å². The van der Waals surface area contributed by atoms with E-state index in [1.165, 1.54) is 19.2 Å². The molecule has 0 unspecified atom stereocenters. The highest BCUT2D eigenvalue weighted by atomic mass is 32.1. The second kappa shape index (κ2) is 7.36. The summed E-state index contributed by atoms with van der Waals surface area (Å²) in [5.41, 5.74) is -0.0266. The fraction of sp³-hybridized carbons (Fsp3) is 0.467. The lowest BCUT2D eigenvalue weighted by Crippen LogP contribution is -2.23. The Kier molecular flexibility index (Phi) is 5.49. The topological polar surface area (TPSA) is 81.4 Å². The molecule has 7 nitrogen and oxygen atoms in total. The van der Waals surface area contributed by atoms with Gasteiger partial charge >= 0.3 is 5.69 Å². The molecule has 0 spiro atoms. The van der Waals surface area contributed by atoms with E-state index in [4.69, 9.17) is 4.74 Å². The summed E-state index contributed by atoms with van der Waals surface area (Å²) in [6.45, 7) is 7.25. The van der Waals surface area contributed by atoms with Crippen LogP contribution < -0.4 is 9.64 Å². The molecule has 0 saturated carbocycles. The Morgan fingerprint density at radius 1 is 1.43 bits per heavy atom. The van der Waals surface area contributed by atoms with Crippen LogP contribution in [0, 0.1) is 10.1 Å². The number of pyridine rings is 1. The maximum absolute atomic E-state index is 11.3. The normalized spacial score (nSPS) is 10.8. The van der Waals surface area contributed by atoms with Gasteiger partial charge in [0.2, 0.25) is 11.7 Å². The molecule has 2 aromatic heterocycles. The zero-order valence-electron chi connectivity index (χ0n) is 13.6. The molecule has 0 saturated heterocycles. The van der Waals surface area contributed by atoms with E-state index >= 15 is 0 Å². The second-order valence-electron chi connectivity index (χ2n) is 5.29. The zero-order chi connectivity index (χ0) is 17.0. The molecule has 0 bridgehead atoms. The first-order valence-corrected chi connectivity index (χ1v) is 8.16. The number of methoxy groups -OCH3 is 1. The van der Waals surface area contributed by atoms with E-state index in [0.717, 1.165) is 9.88 Å². The van der Waals surface area contributed by atoms with Crippen molar-refractivity contribution in [2.24, 2.45) is 0 Å². The van der Waals surface area contributed by atoms with Gasteiger partial charge < -0.3 is 9.64 Å². The van der Waals surface area contributed by atoms with Crippen LogP contribution in [0.15, 0.2) is 18.3 Å². The van der Waals surface area contributed by atoms with Gasteiger partial charge in [-0.05, 0) is 6.92 Å². The van der Waals surface area contributed by atoms with Gasteiger partial charge in [-0.15, -0.1) is 11.3 Å². The van der Waals surface area contributed by atoms with Crippen molar-refractivity contribution < 1.29 is 9.66 Å². The van der Waals surface area contributed by atoms with Crippen molar-refractivity contribution in [3.63, 3.8) is 0 Å². The van der Waals surface area contributed by atoms with E-state index in [1.54, 1.807) is 11.3 Å². The van der Waals surface area contributed by atoms with E-state index < -0.39 is 4.92 Å². The summed E-state index contributed by atoms with van der Waals surface area (Å²) in [5, 5.41) is 12.3. The first-order valence-electron chi connectivity index (χ1n) is 7.35. The molecule has 2 heterocycles. The highest BCUT2D eigenvalue weighted by Gasteiger charge is 2.22. The average molecular weight is 336 g/mol. The molecule has 0 aromatic carbocycles. The minimum atomic E-state index is -0.420. The number of thiazole rings is 1. The Morgan fingerprint density at radius 3 is 2.70 bits per heavy atom. The lowest BCUT2D eigenvalue weighted by atomic mass is 10.2. The minimum Gasteiger partial charge on any atom is -0.481 e. The Bertz CT molecular complexity index is 687. The summed E-state index contributed by atoms with van der Waals surface area (Å²) in [6.07, 6.45) is 1.83. The smallest absolute Gasteiger partial charge is 0.311 e. The van der Waals surface area contributed by atoms with E-state index in [1.807, 2.05) is 18.0 Å².